The summed E-state index contributed by atoms with van der Waals surface area (Å²) in [4.78, 5) is 15.4. The maximum absolute atomic E-state index is 11.4. The molecule has 0 unspecified atom stereocenters. The molecule has 0 aliphatic carbocycles. The van der Waals surface area contributed by atoms with Crippen molar-refractivity contribution < 1.29 is 9.53 Å². The number of esters is 1. The van der Waals surface area contributed by atoms with Crippen molar-refractivity contribution in [2.75, 3.05) is 7.11 Å². The Hall–Kier alpha value is -0.940. The molecule has 0 saturated heterocycles. The topological polar surface area (TPSA) is 65.2 Å². The van der Waals surface area contributed by atoms with Crippen LogP contribution in [0.3, 0.4) is 0 Å². The number of nitrogens with two attached hydrogens (primary N) is 1. The molecule has 1 aromatic rings. The van der Waals surface area contributed by atoms with Gasteiger partial charge in [-0.2, -0.15) is 0 Å². The first-order valence-electron chi connectivity index (χ1n) is 3.98. The maximum atomic E-state index is 11.4. The summed E-state index contributed by atoms with van der Waals surface area (Å²) < 4.78 is 5.16. The number of rotatable bonds is 2. The molecule has 1 heterocycles. The van der Waals surface area contributed by atoms with E-state index in [4.69, 9.17) is 5.73 Å². The van der Waals surface area contributed by atoms with Crippen LogP contribution < -0.4 is 5.73 Å². The summed E-state index contributed by atoms with van der Waals surface area (Å²) in [6, 6.07) is 3.45. The van der Waals surface area contributed by atoms with E-state index in [1.807, 2.05) is 0 Å². The van der Waals surface area contributed by atoms with Crippen molar-refractivity contribution in [1.29, 1.82) is 0 Å². The SMILES string of the molecule is COC(=O)[C@](C)(N)c1cccnc1Br. The Morgan fingerprint density at radius 2 is 2.36 bits per heavy atom. The van der Waals surface area contributed by atoms with E-state index >= 15 is 0 Å². The summed E-state index contributed by atoms with van der Waals surface area (Å²) in [5.74, 6) is -0.494. The summed E-state index contributed by atoms with van der Waals surface area (Å²) in [7, 11) is 1.30. The number of pyridine rings is 1. The van der Waals surface area contributed by atoms with Crippen LogP contribution in [0, 0.1) is 0 Å². The van der Waals surface area contributed by atoms with E-state index in [0.717, 1.165) is 0 Å². The van der Waals surface area contributed by atoms with Gasteiger partial charge in [0.2, 0.25) is 0 Å². The zero-order valence-corrected chi connectivity index (χ0v) is 9.54. The molecule has 14 heavy (non-hydrogen) atoms. The van der Waals surface area contributed by atoms with E-state index in [-0.39, 0.29) is 0 Å². The average Bonchev–Trinajstić information content (AvgIpc) is 2.17. The van der Waals surface area contributed by atoms with Gasteiger partial charge in [-0.05, 0) is 28.9 Å². The largest absolute Gasteiger partial charge is 0.467 e. The molecular weight excluding hydrogens is 248 g/mol. The van der Waals surface area contributed by atoms with Gasteiger partial charge in [-0.3, -0.25) is 0 Å². The first kappa shape index (κ1) is 11.1. The Bertz CT molecular complexity index is 352. The number of hydrogen-bond acceptors (Lipinski definition) is 4. The van der Waals surface area contributed by atoms with Crippen LogP contribution in [-0.4, -0.2) is 18.1 Å². The summed E-state index contributed by atoms with van der Waals surface area (Å²) in [5.41, 5.74) is 5.27. The van der Waals surface area contributed by atoms with Crippen molar-refractivity contribution in [2.24, 2.45) is 5.73 Å². The first-order chi connectivity index (χ1) is 6.50. The Balaban J connectivity index is 3.16. The number of carbonyl (C=O) groups excluding carboxylic acids is 1. The lowest BCUT2D eigenvalue weighted by Gasteiger charge is -2.22. The molecule has 0 aliphatic rings. The Morgan fingerprint density at radius 1 is 1.71 bits per heavy atom. The van der Waals surface area contributed by atoms with Gasteiger partial charge in [0.15, 0.2) is 0 Å². The molecule has 0 saturated carbocycles. The first-order valence-corrected chi connectivity index (χ1v) is 4.77. The Morgan fingerprint density at radius 3 is 2.86 bits per heavy atom. The molecule has 0 bridgehead atoms. The molecule has 4 nitrogen and oxygen atoms in total. The number of carbonyl (C=O) groups is 1. The second-order valence-corrected chi connectivity index (χ2v) is 3.79. The van der Waals surface area contributed by atoms with E-state index in [1.54, 1.807) is 25.3 Å². The third kappa shape index (κ3) is 1.93. The molecule has 1 rings (SSSR count). The zero-order chi connectivity index (χ0) is 10.8. The number of nitrogens with zero attached hydrogens (tertiary/aromatic N) is 1. The van der Waals surface area contributed by atoms with Crippen LogP contribution in [-0.2, 0) is 15.1 Å². The van der Waals surface area contributed by atoms with Crippen LogP contribution in [0.5, 0.6) is 0 Å². The zero-order valence-electron chi connectivity index (χ0n) is 7.95. The van der Waals surface area contributed by atoms with Gasteiger partial charge in [-0.15, -0.1) is 0 Å². The second kappa shape index (κ2) is 4.06. The highest BCUT2D eigenvalue weighted by atomic mass is 79.9. The van der Waals surface area contributed by atoms with E-state index in [2.05, 4.69) is 25.7 Å². The van der Waals surface area contributed by atoms with Crippen LogP contribution in [0.15, 0.2) is 22.9 Å². The van der Waals surface area contributed by atoms with Gasteiger partial charge >= 0.3 is 5.97 Å². The molecule has 76 valence electrons. The fourth-order valence-corrected chi connectivity index (χ4v) is 1.76. The summed E-state index contributed by atoms with van der Waals surface area (Å²) >= 11 is 3.23. The number of hydrogen-bond donors (Lipinski definition) is 1. The number of aromatic nitrogens is 1. The highest BCUT2D eigenvalue weighted by Crippen LogP contribution is 2.25. The third-order valence-electron chi connectivity index (χ3n) is 1.93. The molecule has 1 atom stereocenters. The number of halogens is 1. The standard InChI is InChI=1S/C9H11BrN2O2/c1-9(11,8(13)14-2)6-4-3-5-12-7(6)10/h3-5H,11H2,1-2H3/t9-/m1/s1. The molecule has 1 aromatic heterocycles. The predicted molar refractivity (Wildman–Crippen MR) is 55.5 cm³/mol. The molecule has 0 aromatic carbocycles. The van der Waals surface area contributed by atoms with Crippen molar-refractivity contribution >= 4 is 21.9 Å². The van der Waals surface area contributed by atoms with Crippen molar-refractivity contribution in [3.63, 3.8) is 0 Å². The second-order valence-electron chi connectivity index (χ2n) is 3.04. The number of ether oxygens (including phenoxy) is 1. The molecule has 0 aliphatic heterocycles. The summed E-state index contributed by atoms with van der Waals surface area (Å²) in [6.07, 6.45) is 1.61. The molecule has 0 radical (unpaired) electrons. The smallest absolute Gasteiger partial charge is 0.330 e. The van der Waals surface area contributed by atoms with Crippen molar-refractivity contribution in [3.05, 3.63) is 28.5 Å². The monoisotopic (exact) mass is 258 g/mol. The number of methoxy groups -OCH3 is 1. The lowest BCUT2D eigenvalue weighted by atomic mass is 9.95. The van der Waals surface area contributed by atoms with E-state index in [1.165, 1.54) is 7.11 Å². The predicted octanol–water partition coefficient (Wildman–Crippen LogP) is 1.19. The summed E-state index contributed by atoms with van der Waals surface area (Å²) in [6.45, 7) is 1.58. The molecule has 0 fully saturated rings. The molecule has 0 spiro atoms. The molecule has 2 N–H and O–H groups in total. The van der Waals surface area contributed by atoms with E-state index in [0.29, 0.717) is 10.2 Å². The highest BCUT2D eigenvalue weighted by Gasteiger charge is 2.33. The maximum Gasteiger partial charge on any atom is 0.330 e. The minimum atomic E-state index is -1.18. The van der Waals surface area contributed by atoms with Crippen molar-refractivity contribution in [2.45, 2.75) is 12.5 Å². The van der Waals surface area contributed by atoms with Gasteiger partial charge in [0, 0.05) is 11.8 Å². The van der Waals surface area contributed by atoms with Gasteiger partial charge in [-0.25, -0.2) is 9.78 Å². The minimum absolute atomic E-state index is 0.494. The molecule has 0 amide bonds. The average molecular weight is 259 g/mol. The van der Waals surface area contributed by atoms with E-state index in [9.17, 15) is 4.79 Å². The Labute approximate surface area is 90.6 Å². The lowest BCUT2D eigenvalue weighted by molar-refractivity contribution is -0.146. The Kier molecular flexibility index (Phi) is 3.23. The van der Waals surface area contributed by atoms with Crippen molar-refractivity contribution in [3.8, 4) is 0 Å². The quantitative estimate of drug-likeness (QED) is 0.640. The minimum Gasteiger partial charge on any atom is -0.467 e. The van der Waals surface area contributed by atoms with Crippen LogP contribution in [0.2, 0.25) is 0 Å². The van der Waals surface area contributed by atoms with Crippen LogP contribution >= 0.6 is 15.9 Å². The van der Waals surface area contributed by atoms with Crippen LogP contribution in [0.1, 0.15) is 12.5 Å². The van der Waals surface area contributed by atoms with Crippen molar-refractivity contribution in [1.82, 2.24) is 4.98 Å². The molecule has 5 heteroatoms. The third-order valence-corrected chi connectivity index (χ3v) is 2.56. The van der Waals surface area contributed by atoms with Gasteiger partial charge in [0.25, 0.3) is 0 Å². The molecular formula is C9H11BrN2O2. The van der Waals surface area contributed by atoms with Gasteiger partial charge in [-0.1, -0.05) is 6.07 Å². The van der Waals surface area contributed by atoms with E-state index < -0.39 is 11.5 Å². The van der Waals surface area contributed by atoms with Crippen LogP contribution in [0.25, 0.3) is 0 Å². The van der Waals surface area contributed by atoms with Gasteiger partial charge < -0.3 is 10.5 Å². The summed E-state index contributed by atoms with van der Waals surface area (Å²) in [5, 5.41) is 0. The van der Waals surface area contributed by atoms with Crippen LogP contribution in [0.4, 0.5) is 0 Å². The lowest BCUT2D eigenvalue weighted by Crippen LogP contribution is -2.43. The van der Waals surface area contributed by atoms with Gasteiger partial charge in [0.1, 0.15) is 10.1 Å². The fraction of sp³-hybridized carbons (Fsp3) is 0.333. The highest BCUT2D eigenvalue weighted by molar-refractivity contribution is 9.10. The van der Waals surface area contributed by atoms with Gasteiger partial charge in [0.05, 0.1) is 7.11 Å². The normalized spacial score (nSPS) is 14.6. The fourth-order valence-electron chi connectivity index (χ4n) is 1.10.